The lowest BCUT2D eigenvalue weighted by atomic mass is 9.78. The fourth-order valence-electron chi connectivity index (χ4n) is 2.74. The van der Waals surface area contributed by atoms with Crippen molar-refractivity contribution in [3.63, 3.8) is 0 Å². The molecule has 0 spiro atoms. The van der Waals surface area contributed by atoms with Gasteiger partial charge in [0.25, 0.3) is 0 Å². The third-order valence-corrected chi connectivity index (χ3v) is 4.00. The summed E-state index contributed by atoms with van der Waals surface area (Å²) in [7, 11) is 0. The molecule has 0 aliphatic heterocycles. The van der Waals surface area contributed by atoms with Crippen LogP contribution in [-0.2, 0) is 16.6 Å². The van der Waals surface area contributed by atoms with Crippen LogP contribution in [-0.4, -0.2) is 11.1 Å². The summed E-state index contributed by atoms with van der Waals surface area (Å²) in [6, 6.07) is 5.74. The predicted molar refractivity (Wildman–Crippen MR) is 68.6 cm³/mol. The van der Waals surface area contributed by atoms with Crippen LogP contribution < -0.4 is 0 Å². The molecule has 17 heavy (non-hydrogen) atoms. The zero-order chi connectivity index (χ0) is 12.5. The molecular weight excluding hydrogens is 236 g/mol. The van der Waals surface area contributed by atoms with E-state index in [9.17, 15) is 9.90 Å². The molecule has 0 amide bonds. The number of carbonyl (C=O) groups is 1. The van der Waals surface area contributed by atoms with Crippen LogP contribution in [0, 0.1) is 0 Å². The Morgan fingerprint density at radius 1 is 1.35 bits per heavy atom. The van der Waals surface area contributed by atoms with Gasteiger partial charge < -0.3 is 5.11 Å². The second kappa shape index (κ2) is 4.69. The number of hydrogen-bond acceptors (Lipinski definition) is 1. The third-order valence-electron chi connectivity index (χ3n) is 3.78. The van der Waals surface area contributed by atoms with Crippen LogP contribution in [0.15, 0.2) is 18.2 Å². The first kappa shape index (κ1) is 12.4. The lowest BCUT2D eigenvalue weighted by Gasteiger charge is -2.25. The predicted octanol–water partition coefficient (Wildman–Crippen LogP) is 3.80. The average molecular weight is 253 g/mol. The molecule has 0 unspecified atom stereocenters. The first-order valence-electron chi connectivity index (χ1n) is 6.12. The average Bonchev–Trinajstić information content (AvgIpc) is 2.78. The van der Waals surface area contributed by atoms with Crippen LogP contribution in [0.1, 0.15) is 43.7 Å². The van der Waals surface area contributed by atoms with E-state index in [0.29, 0.717) is 5.02 Å². The minimum absolute atomic E-state index is 0.645. The maximum Gasteiger partial charge on any atom is 0.314 e. The van der Waals surface area contributed by atoms with Crippen molar-refractivity contribution < 1.29 is 9.90 Å². The molecule has 1 N–H and O–H groups in total. The Labute approximate surface area is 107 Å². The van der Waals surface area contributed by atoms with Crippen LogP contribution in [0.2, 0.25) is 5.02 Å². The van der Waals surface area contributed by atoms with Crippen LogP contribution in [0.25, 0.3) is 0 Å². The highest BCUT2D eigenvalue weighted by atomic mass is 35.5. The Morgan fingerprint density at radius 2 is 2.00 bits per heavy atom. The van der Waals surface area contributed by atoms with Gasteiger partial charge in [-0.2, -0.15) is 0 Å². The van der Waals surface area contributed by atoms with Crippen molar-refractivity contribution in [2.45, 2.75) is 44.4 Å². The van der Waals surface area contributed by atoms with E-state index in [1.54, 1.807) is 0 Å². The van der Waals surface area contributed by atoms with Crippen LogP contribution in [0.4, 0.5) is 0 Å². The fraction of sp³-hybridized carbons (Fsp3) is 0.500. The maximum absolute atomic E-state index is 11.6. The second-order valence-corrected chi connectivity index (χ2v) is 5.23. The topological polar surface area (TPSA) is 37.3 Å². The molecule has 2 nitrogen and oxygen atoms in total. The molecule has 92 valence electrons. The van der Waals surface area contributed by atoms with E-state index in [1.807, 2.05) is 18.2 Å². The zero-order valence-electron chi connectivity index (χ0n) is 10.0. The highest BCUT2D eigenvalue weighted by Gasteiger charge is 2.43. The Morgan fingerprint density at radius 3 is 2.53 bits per heavy atom. The summed E-state index contributed by atoms with van der Waals surface area (Å²) in [5.74, 6) is -0.709. The van der Waals surface area contributed by atoms with Gasteiger partial charge in [0.1, 0.15) is 0 Å². The van der Waals surface area contributed by atoms with Gasteiger partial charge in [0.05, 0.1) is 5.41 Å². The second-order valence-electron chi connectivity index (χ2n) is 4.80. The molecule has 0 aromatic heterocycles. The van der Waals surface area contributed by atoms with E-state index < -0.39 is 11.4 Å². The molecule has 0 atom stereocenters. The third kappa shape index (κ3) is 2.19. The van der Waals surface area contributed by atoms with Crippen molar-refractivity contribution in [3.05, 3.63) is 34.3 Å². The highest BCUT2D eigenvalue weighted by molar-refractivity contribution is 6.30. The molecule has 1 fully saturated rings. The lowest BCUT2D eigenvalue weighted by molar-refractivity contribution is -0.143. The largest absolute Gasteiger partial charge is 0.481 e. The first-order chi connectivity index (χ1) is 8.08. The molecule has 0 bridgehead atoms. The van der Waals surface area contributed by atoms with Crippen molar-refractivity contribution in [1.29, 1.82) is 0 Å². The minimum atomic E-state index is -0.709. The van der Waals surface area contributed by atoms with E-state index in [1.165, 1.54) is 0 Å². The summed E-state index contributed by atoms with van der Waals surface area (Å²) in [5.41, 5.74) is 1.29. The summed E-state index contributed by atoms with van der Waals surface area (Å²) < 4.78 is 0. The number of aliphatic carboxylic acids is 1. The number of aryl methyl sites for hydroxylation is 1. The Balaban J connectivity index is 2.50. The number of halogens is 1. The van der Waals surface area contributed by atoms with E-state index in [4.69, 9.17) is 11.6 Å². The summed E-state index contributed by atoms with van der Waals surface area (Å²) in [5, 5.41) is 10.2. The number of carboxylic acids is 1. The summed E-state index contributed by atoms with van der Waals surface area (Å²) in [6.45, 7) is 2.05. The van der Waals surface area contributed by atoms with E-state index in [2.05, 4.69) is 6.92 Å². The van der Waals surface area contributed by atoms with E-state index >= 15 is 0 Å². The molecule has 1 saturated carbocycles. The molecule has 0 radical (unpaired) electrons. The molecule has 0 saturated heterocycles. The fourth-order valence-corrected chi connectivity index (χ4v) is 2.99. The number of rotatable bonds is 3. The smallest absolute Gasteiger partial charge is 0.314 e. The van der Waals surface area contributed by atoms with Crippen LogP contribution in [0.3, 0.4) is 0 Å². The molecule has 1 aromatic carbocycles. The number of carboxylic acid groups (broad SMARTS) is 1. The Bertz CT molecular complexity index is 434. The van der Waals surface area contributed by atoms with Crippen molar-refractivity contribution >= 4 is 17.6 Å². The molecule has 3 heteroatoms. The molecule has 1 aliphatic rings. The van der Waals surface area contributed by atoms with Gasteiger partial charge >= 0.3 is 5.97 Å². The van der Waals surface area contributed by atoms with Gasteiger partial charge in [-0.25, -0.2) is 0 Å². The van der Waals surface area contributed by atoms with Gasteiger partial charge in [0.15, 0.2) is 0 Å². The summed E-state index contributed by atoms with van der Waals surface area (Å²) in [6.07, 6.45) is 4.31. The number of benzene rings is 1. The highest BCUT2D eigenvalue weighted by Crippen LogP contribution is 2.42. The molecule has 1 aliphatic carbocycles. The van der Waals surface area contributed by atoms with Gasteiger partial charge in [-0.3, -0.25) is 4.79 Å². The van der Waals surface area contributed by atoms with Crippen molar-refractivity contribution in [2.75, 3.05) is 0 Å². The zero-order valence-corrected chi connectivity index (χ0v) is 10.8. The molecule has 2 rings (SSSR count). The Kier molecular flexibility index (Phi) is 3.43. The summed E-state index contributed by atoms with van der Waals surface area (Å²) in [4.78, 5) is 11.6. The normalized spacial score (nSPS) is 18.2. The maximum atomic E-state index is 11.6. The molecule has 0 heterocycles. The lowest BCUT2D eigenvalue weighted by Crippen LogP contribution is -2.32. The first-order valence-corrected chi connectivity index (χ1v) is 6.49. The number of hydrogen-bond donors (Lipinski definition) is 1. The summed E-state index contributed by atoms with van der Waals surface area (Å²) >= 11 is 6.08. The van der Waals surface area contributed by atoms with Crippen molar-refractivity contribution in [3.8, 4) is 0 Å². The SMILES string of the molecule is CCc1cc(Cl)cc(C2(C(=O)O)CCCC2)c1. The standard InChI is InChI=1S/C14H17ClO2/c1-2-10-7-11(9-12(15)8-10)14(13(16)17)5-3-4-6-14/h7-9H,2-6H2,1H3,(H,16,17). The monoisotopic (exact) mass is 252 g/mol. The quantitative estimate of drug-likeness (QED) is 0.889. The van der Waals surface area contributed by atoms with Gasteiger partial charge in [-0.1, -0.05) is 37.4 Å². The van der Waals surface area contributed by atoms with Gasteiger partial charge in [-0.15, -0.1) is 0 Å². The van der Waals surface area contributed by atoms with E-state index in [-0.39, 0.29) is 0 Å². The van der Waals surface area contributed by atoms with Crippen molar-refractivity contribution in [1.82, 2.24) is 0 Å². The van der Waals surface area contributed by atoms with Gasteiger partial charge in [-0.05, 0) is 42.5 Å². The van der Waals surface area contributed by atoms with Crippen molar-refractivity contribution in [2.24, 2.45) is 0 Å². The van der Waals surface area contributed by atoms with Crippen LogP contribution in [0.5, 0.6) is 0 Å². The van der Waals surface area contributed by atoms with Crippen LogP contribution >= 0.6 is 11.6 Å². The van der Waals surface area contributed by atoms with Gasteiger partial charge in [0.2, 0.25) is 0 Å². The van der Waals surface area contributed by atoms with Gasteiger partial charge in [0, 0.05) is 5.02 Å². The Hall–Kier alpha value is -1.02. The van der Waals surface area contributed by atoms with E-state index in [0.717, 1.165) is 43.2 Å². The molecular formula is C14H17ClO2. The minimum Gasteiger partial charge on any atom is -0.481 e. The molecule has 1 aromatic rings.